The minimum atomic E-state index is -0.974. The molecule has 2 aliphatic rings. The van der Waals surface area contributed by atoms with E-state index in [1.165, 1.54) is 0 Å². The van der Waals surface area contributed by atoms with Crippen LogP contribution in [0.1, 0.15) is 43.4 Å². The molecule has 1 saturated carbocycles. The van der Waals surface area contributed by atoms with E-state index in [2.05, 4.69) is 76.1 Å². The van der Waals surface area contributed by atoms with Crippen LogP contribution in [-0.2, 0) is 19.8 Å². The average molecular weight is 601 g/mol. The van der Waals surface area contributed by atoms with Crippen molar-refractivity contribution in [3.63, 3.8) is 0 Å². The Bertz CT molecular complexity index is 1370. The summed E-state index contributed by atoms with van der Waals surface area (Å²) in [4.78, 5) is 9.37. The number of nitrogens with zero attached hydrogens (tertiary/aromatic N) is 2. The fourth-order valence-electron chi connectivity index (χ4n) is 4.91. The van der Waals surface area contributed by atoms with Gasteiger partial charge in [0.05, 0.1) is 23.9 Å². The van der Waals surface area contributed by atoms with Crippen LogP contribution < -0.4 is 0 Å². The Kier molecular flexibility index (Phi) is 6.66. The SMILES string of the molecule is Clc1nc(C(COC2CCCCO2)(OC2CC2)c2cccc3ccccc23)c2cc(I)ccc2n1. The lowest BCUT2D eigenvalue weighted by atomic mass is 9.85. The highest BCUT2D eigenvalue weighted by atomic mass is 127. The summed E-state index contributed by atoms with van der Waals surface area (Å²) in [7, 11) is 0. The van der Waals surface area contributed by atoms with Crippen LogP contribution in [0.15, 0.2) is 60.7 Å². The van der Waals surface area contributed by atoms with Gasteiger partial charge < -0.3 is 14.2 Å². The largest absolute Gasteiger partial charge is 0.358 e. The smallest absolute Gasteiger partial charge is 0.223 e. The first-order chi connectivity index (χ1) is 17.1. The van der Waals surface area contributed by atoms with Crippen molar-refractivity contribution in [3.8, 4) is 0 Å². The zero-order valence-electron chi connectivity index (χ0n) is 19.3. The van der Waals surface area contributed by atoms with E-state index < -0.39 is 5.60 Å². The summed E-state index contributed by atoms with van der Waals surface area (Å²) >= 11 is 8.86. The first kappa shape index (κ1) is 23.6. The van der Waals surface area contributed by atoms with Gasteiger partial charge in [-0.3, -0.25) is 0 Å². The minimum absolute atomic E-state index is 0.136. The van der Waals surface area contributed by atoms with Crippen LogP contribution in [0.5, 0.6) is 0 Å². The van der Waals surface area contributed by atoms with Gasteiger partial charge in [-0.1, -0.05) is 42.5 Å². The zero-order valence-corrected chi connectivity index (χ0v) is 22.2. The molecule has 1 aliphatic carbocycles. The molecule has 3 aromatic carbocycles. The molecule has 0 spiro atoms. The number of rotatable bonds is 7. The molecule has 1 aromatic heterocycles. The first-order valence-electron chi connectivity index (χ1n) is 12.1. The molecule has 0 bridgehead atoms. The number of benzene rings is 3. The number of hydrogen-bond donors (Lipinski definition) is 0. The number of ether oxygens (including phenoxy) is 3. The summed E-state index contributed by atoms with van der Waals surface area (Å²) in [6, 6.07) is 20.8. The summed E-state index contributed by atoms with van der Waals surface area (Å²) in [5.41, 5.74) is 1.58. The molecule has 35 heavy (non-hydrogen) atoms. The molecule has 4 aromatic rings. The van der Waals surface area contributed by atoms with Crippen LogP contribution >= 0.6 is 34.2 Å². The average Bonchev–Trinajstić information content (AvgIpc) is 3.71. The van der Waals surface area contributed by atoms with Crippen LogP contribution in [0.25, 0.3) is 21.7 Å². The van der Waals surface area contributed by atoms with Gasteiger partial charge in [-0.15, -0.1) is 0 Å². The summed E-state index contributed by atoms with van der Waals surface area (Å²) in [5, 5.41) is 3.37. The molecule has 0 radical (unpaired) electrons. The van der Waals surface area contributed by atoms with Gasteiger partial charge in [0.1, 0.15) is 0 Å². The Morgan fingerprint density at radius 3 is 2.66 bits per heavy atom. The van der Waals surface area contributed by atoms with Gasteiger partial charge in [0.2, 0.25) is 5.28 Å². The lowest BCUT2D eigenvalue weighted by Gasteiger charge is -2.37. The van der Waals surface area contributed by atoms with Crippen LogP contribution in [-0.4, -0.2) is 35.6 Å². The third kappa shape index (κ3) is 4.79. The molecule has 1 saturated heterocycles. The van der Waals surface area contributed by atoms with Crippen molar-refractivity contribution in [1.82, 2.24) is 9.97 Å². The monoisotopic (exact) mass is 600 g/mol. The van der Waals surface area contributed by atoms with Crippen LogP contribution in [0.3, 0.4) is 0 Å². The molecule has 0 N–H and O–H groups in total. The summed E-state index contributed by atoms with van der Waals surface area (Å²) in [6.45, 7) is 0.992. The Hall–Kier alpha value is -1.84. The minimum Gasteiger partial charge on any atom is -0.358 e. The maximum atomic E-state index is 6.99. The van der Waals surface area contributed by atoms with E-state index in [4.69, 9.17) is 30.8 Å². The molecule has 7 heteroatoms. The second kappa shape index (κ2) is 9.90. The van der Waals surface area contributed by atoms with Crippen LogP contribution in [0, 0.1) is 3.57 Å². The molecule has 2 unspecified atom stereocenters. The van der Waals surface area contributed by atoms with E-state index in [-0.39, 0.29) is 24.3 Å². The van der Waals surface area contributed by atoms with E-state index in [1.54, 1.807) is 0 Å². The lowest BCUT2D eigenvalue weighted by Crippen LogP contribution is -2.41. The second-order valence-corrected chi connectivity index (χ2v) is 10.9. The van der Waals surface area contributed by atoms with Crippen LogP contribution in [0.2, 0.25) is 5.28 Å². The molecule has 2 atom stereocenters. The van der Waals surface area contributed by atoms with Crippen molar-refractivity contribution in [2.24, 2.45) is 0 Å². The van der Waals surface area contributed by atoms with E-state index >= 15 is 0 Å². The molecule has 5 nitrogen and oxygen atoms in total. The molecule has 180 valence electrons. The third-order valence-corrected chi connectivity index (χ3v) is 7.58. The standard InChI is InChI=1S/C28H26ClIN2O3/c29-27-31-24-14-11-19(30)16-22(24)26(32-27)28(35-20-12-13-20,17-34-25-10-3-4-15-33-25)23-9-5-7-18-6-1-2-8-21(18)23/h1-2,5-9,11,14,16,20,25H,3-4,10,12-13,15,17H2. The number of fused-ring (bicyclic) bond motifs is 2. The van der Waals surface area contributed by atoms with Crippen molar-refractivity contribution in [3.05, 3.63) is 80.8 Å². The maximum Gasteiger partial charge on any atom is 0.223 e. The highest BCUT2D eigenvalue weighted by molar-refractivity contribution is 14.1. The summed E-state index contributed by atoms with van der Waals surface area (Å²) < 4.78 is 20.5. The predicted molar refractivity (Wildman–Crippen MR) is 146 cm³/mol. The molecule has 0 amide bonds. The second-order valence-electron chi connectivity index (χ2n) is 9.28. The Morgan fingerprint density at radius 2 is 1.83 bits per heavy atom. The van der Waals surface area contributed by atoms with E-state index in [1.807, 2.05) is 12.1 Å². The molecule has 2 fully saturated rings. The van der Waals surface area contributed by atoms with Gasteiger partial charge >= 0.3 is 0 Å². The first-order valence-corrected chi connectivity index (χ1v) is 13.6. The quantitative estimate of drug-likeness (QED) is 0.169. The summed E-state index contributed by atoms with van der Waals surface area (Å²) in [5.74, 6) is 0. The van der Waals surface area contributed by atoms with Gasteiger partial charge in [0, 0.05) is 21.1 Å². The highest BCUT2D eigenvalue weighted by Crippen LogP contribution is 2.45. The fourth-order valence-corrected chi connectivity index (χ4v) is 5.57. The summed E-state index contributed by atoms with van der Waals surface area (Å²) in [6.07, 6.45) is 4.94. The van der Waals surface area contributed by atoms with Crippen LogP contribution in [0.4, 0.5) is 0 Å². The van der Waals surface area contributed by atoms with E-state index in [0.29, 0.717) is 0 Å². The number of hydrogen-bond acceptors (Lipinski definition) is 5. The van der Waals surface area contributed by atoms with Crippen molar-refractivity contribution in [1.29, 1.82) is 0 Å². The Labute approximate surface area is 223 Å². The Morgan fingerprint density at radius 1 is 0.971 bits per heavy atom. The van der Waals surface area contributed by atoms with Crippen molar-refractivity contribution in [2.45, 2.75) is 50.1 Å². The lowest BCUT2D eigenvalue weighted by molar-refractivity contribution is -0.197. The normalized spacial score (nSPS) is 20.2. The Balaban J connectivity index is 1.61. The maximum absolute atomic E-state index is 6.99. The third-order valence-electron chi connectivity index (χ3n) is 6.74. The topological polar surface area (TPSA) is 53.5 Å². The number of aromatic nitrogens is 2. The molecular formula is C28H26ClIN2O3. The fraction of sp³-hybridized carbons (Fsp3) is 0.357. The molecule has 1 aliphatic heterocycles. The van der Waals surface area contributed by atoms with E-state index in [9.17, 15) is 0 Å². The van der Waals surface area contributed by atoms with E-state index in [0.717, 1.165) is 75.2 Å². The predicted octanol–water partition coefficient (Wildman–Crippen LogP) is 7.01. The highest BCUT2D eigenvalue weighted by Gasteiger charge is 2.45. The van der Waals surface area contributed by atoms with Crippen molar-refractivity contribution >= 4 is 55.9 Å². The zero-order chi connectivity index (χ0) is 23.8. The van der Waals surface area contributed by atoms with Gasteiger partial charge in [-0.05, 0) is 95.3 Å². The van der Waals surface area contributed by atoms with Gasteiger partial charge in [0.25, 0.3) is 0 Å². The van der Waals surface area contributed by atoms with Crippen molar-refractivity contribution < 1.29 is 14.2 Å². The van der Waals surface area contributed by atoms with Crippen molar-refractivity contribution in [2.75, 3.05) is 13.2 Å². The number of halogens is 2. The molecular weight excluding hydrogens is 575 g/mol. The van der Waals surface area contributed by atoms with Gasteiger partial charge in [-0.25, -0.2) is 9.97 Å². The van der Waals surface area contributed by atoms with Gasteiger partial charge in [0.15, 0.2) is 11.9 Å². The molecule has 2 heterocycles. The molecule has 6 rings (SSSR count). The van der Waals surface area contributed by atoms with Gasteiger partial charge in [-0.2, -0.15) is 0 Å².